The van der Waals surface area contributed by atoms with E-state index in [2.05, 4.69) is 15.9 Å². The van der Waals surface area contributed by atoms with Crippen molar-refractivity contribution in [1.82, 2.24) is 5.01 Å². The third kappa shape index (κ3) is 3.67. The van der Waals surface area contributed by atoms with Crippen LogP contribution in [0.15, 0.2) is 51.7 Å². The highest BCUT2D eigenvalue weighted by Gasteiger charge is 2.35. The number of amides is 1. The number of allylic oxidation sites excluding steroid dienone is 1. The van der Waals surface area contributed by atoms with Gasteiger partial charge in [-0.05, 0) is 71.6 Å². The SMILES string of the molecule is COc1cc2c(cc1Br)C=C(C)N(C(=O)C1CC1)N=C2c1ccc([N+](=O)[O-])cc1. The van der Waals surface area contributed by atoms with Crippen LogP contribution in [0.4, 0.5) is 5.69 Å². The third-order valence-electron chi connectivity index (χ3n) is 4.96. The highest BCUT2D eigenvalue weighted by atomic mass is 79.9. The molecule has 1 aliphatic heterocycles. The van der Waals surface area contributed by atoms with Gasteiger partial charge in [0.2, 0.25) is 5.91 Å². The number of hydrazone groups is 1. The fourth-order valence-corrected chi connectivity index (χ4v) is 3.77. The maximum atomic E-state index is 12.8. The van der Waals surface area contributed by atoms with Crippen LogP contribution >= 0.6 is 15.9 Å². The van der Waals surface area contributed by atoms with Gasteiger partial charge in [0.25, 0.3) is 5.69 Å². The standard InChI is InChI=1S/C21H18BrN3O4/c1-12-9-15-10-18(22)19(29-2)11-17(15)20(23-24(12)21(26)14-3-4-14)13-5-7-16(8-6-13)25(27)28/h5-11,14H,3-4H2,1-2H3. The Morgan fingerprint density at radius 2 is 1.97 bits per heavy atom. The quantitative estimate of drug-likeness (QED) is 0.492. The molecule has 0 unspecified atom stereocenters. The van der Waals surface area contributed by atoms with Gasteiger partial charge >= 0.3 is 0 Å². The average Bonchev–Trinajstić information content (AvgIpc) is 3.54. The van der Waals surface area contributed by atoms with E-state index in [0.29, 0.717) is 17.0 Å². The number of carbonyl (C=O) groups is 1. The van der Waals surface area contributed by atoms with Crippen molar-refractivity contribution in [2.75, 3.05) is 7.11 Å². The lowest BCUT2D eigenvalue weighted by Crippen LogP contribution is -2.26. The van der Waals surface area contributed by atoms with Gasteiger partial charge < -0.3 is 4.74 Å². The van der Waals surface area contributed by atoms with Crippen LogP contribution in [0.25, 0.3) is 6.08 Å². The zero-order chi connectivity index (χ0) is 20.7. The molecule has 0 bridgehead atoms. The maximum Gasteiger partial charge on any atom is 0.269 e. The van der Waals surface area contributed by atoms with Gasteiger partial charge in [-0.15, -0.1) is 0 Å². The van der Waals surface area contributed by atoms with Crippen LogP contribution in [0.3, 0.4) is 0 Å². The summed E-state index contributed by atoms with van der Waals surface area (Å²) in [5, 5.41) is 17.2. The lowest BCUT2D eigenvalue weighted by Gasteiger charge is -2.18. The fourth-order valence-electron chi connectivity index (χ4n) is 3.25. The van der Waals surface area contributed by atoms with E-state index in [1.165, 1.54) is 17.1 Å². The minimum absolute atomic E-state index is 0.00250. The first kappa shape index (κ1) is 19.3. The summed E-state index contributed by atoms with van der Waals surface area (Å²) < 4.78 is 6.23. The summed E-state index contributed by atoms with van der Waals surface area (Å²) in [5.41, 5.74) is 3.61. The van der Waals surface area contributed by atoms with E-state index in [0.717, 1.165) is 34.1 Å². The molecule has 2 aromatic rings. The Morgan fingerprint density at radius 1 is 1.28 bits per heavy atom. The predicted molar refractivity (Wildman–Crippen MR) is 113 cm³/mol. The van der Waals surface area contributed by atoms with Crippen molar-refractivity contribution in [3.8, 4) is 5.75 Å². The topological polar surface area (TPSA) is 85.0 Å². The second kappa shape index (κ2) is 7.44. The van der Waals surface area contributed by atoms with Gasteiger partial charge in [-0.25, -0.2) is 5.01 Å². The molecule has 0 saturated heterocycles. The fraction of sp³-hybridized carbons (Fsp3) is 0.238. The predicted octanol–water partition coefficient (Wildman–Crippen LogP) is 4.73. The molecule has 2 aliphatic rings. The Balaban J connectivity index is 1.90. The van der Waals surface area contributed by atoms with Gasteiger partial charge in [0.15, 0.2) is 0 Å². The zero-order valence-electron chi connectivity index (χ0n) is 15.9. The van der Waals surface area contributed by atoms with Crippen molar-refractivity contribution in [3.05, 3.63) is 73.4 Å². The van der Waals surface area contributed by atoms with Crippen molar-refractivity contribution in [3.63, 3.8) is 0 Å². The number of fused-ring (bicyclic) bond motifs is 1. The largest absolute Gasteiger partial charge is 0.496 e. The molecule has 4 rings (SSSR count). The number of nitro benzene ring substituents is 1. The molecule has 1 saturated carbocycles. The summed E-state index contributed by atoms with van der Waals surface area (Å²) in [6.45, 7) is 1.85. The third-order valence-corrected chi connectivity index (χ3v) is 5.58. The first-order valence-electron chi connectivity index (χ1n) is 9.12. The van der Waals surface area contributed by atoms with E-state index in [-0.39, 0.29) is 17.5 Å². The molecule has 0 radical (unpaired) electrons. The number of nitro groups is 1. The molecule has 1 heterocycles. The normalized spacial score (nSPS) is 15.8. The summed E-state index contributed by atoms with van der Waals surface area (Å²) in [4.78, 5) is 23.4. The van der Waals surface area contributed by atoms with Crippen LogP contribution in [-0.4, -0.2) is 28.7 Å². The van der Waals surface area contributed by atoms with Crippen LogP contribution in [0, 0.1) is 16.0 Å². The van der Waals surface area contributed by atoms with Gasteiger partial charge in [0.05, 0.1) is 22.2 Å². The molecule has 29 heavy (non-hydrogen) atoms. The molecule has 1 aliphatic carbocycles. The molecule has 1 amide bonds. The monoisotopic (exact) mass is 455 g/mol. The van der Waals surface area contributed by atoms with Gasteiger partial charge in [-0.1, -0.05) is 0 Å². The number of benzene rings is 2. The van der Waals surface area contributed by atoms with Crippen molar-refractivity contribution in [2.24, 2.45) is 11.0 Å². The number of nitrogens with zero attached hydrogens (tertiary/aromatic N) is 3. The highest BCUT2D eigenvalue weighted by molar-refractivity contribution is 9.10. The Hall–Kier alpha value is -3.00. The summed E-state index contributed by atoms with van der Waals surface area (Å²) in [7, 11) is 1.58. The lowest BCUT2D eigenvalue weighted by molar-refractivity contribution is -0.384. The van der Waals surface area contributed by atoms with Crippen molar-refractivity contribution in [1.29, 1.82) is 0 Å². The minimum Gasteiger partial charge on any atom is -0.496 e. The number of hydrogen-bond acceptors (Lipinski definition) is 5. The van der Waals surface area contributed by atoms with Crippen molar-refractivity contribution >= 4 is 39.3 Å². The van der Waals surface area contributed by atoms with Crippen LogP contribution < -0.4 is 4.74 Å². The molecule has 0 spiro atoms. The lowest BCUT2D eigenvalue weighted by atomic mass is 9.96. The van der Waals surface area contributed by atoms with Crippen LogP contribution in [0.1, 0.15) is 36.5 Å². The van der Waals surface area contributed by atoms with Crippen molar-refractivity contribution < 1.29 is 14.5 Å². The van der Waals surface area contributed by atoms with Crippen LogP contribution in [0.2, 0.25) is 0 Å². The summed E-state index contributed by atoms with van der Waals surface area (Å²) in [6, 6.07) is 9.95. The number of carbonyl (C=O) groups excluding carboxylic acids is 1. The molecule has 0 atom stereocenters. The van der Waals surface area contributed by atoms with E-state index in [1.54, 1.807) is 19.2 Å². The minimum atomic E-state index is -0.443. The Bertz CT molecular complexity index is 1070. The zero-order valence-corrected chi connectivity index (χ0v) is 17.5. The van der Waals surface area contributed by atoms with Gasteiger partial charge in [0, 0.05) is 34.9 Å². The van der Waals surface area contributed by atoms with Crippen LogP contribution in [0.5, 0.6) is 5.75 Å². The van der Waals surface area contributed by atoms with Crippen molar-refractivity contribution in [2.45, 2.75) is 19.8 Å². The van der Waals surface area contributed by atoms with E-state index >= 15 is 0 Å². The Labute approximate surface area is 175 Å². The average molecular weight is 456 g/mol. The smallest absolute Gasteiger partial charge is 0.269 e. The first-order chi connectivity index (χ1) is 13.9. The van der Waals surface area contributed by atoms with Crippen LogP contribution in [-0.2, 0) is 4.79 Å². The Morgan fingerprint density at radius 3 is 2.55 bits per heavy atom. The number of non-ortho nitro benzene ring substituents is 1. The van der Waals surface area contributed by atoms with Gasteiger partial charge in [-0.3, -0.25) is 14.9 Å². The second-order valence-corrected chi connectivity index (χ2v) is 7.89. The molecule has 2 aromatic carbocycles. The summed E-state index contributed by atoms with van der Waals surface area (Å²) in [6.07, 6.45) is 3.66. The maximum absolute atomic E-state index is 12.8. The molecular weight excluding hydrogens is 438 g/mol. The molecule has 0 N–H and O–H groups in total. The molecular formula is C21H18BrN3O4. The molecule has 8 heteroatoms. The second-order valence-electron chi connectivity index (χ2n) is 7.04. The number of halogens is 1. The number of ether oxygens (including phenoxy) is 1. The van der Waals surface area contributed by atoms with E-state index in [1.807, 2.05) is 25.1 Å². The molecule has 148 valence electrons. The first-order valence-corrected chi connectivity index (χ1v) is 9.92. The number of rotatable bonds is 4. The van der Waals surface area contributed by atoms with E-state index in [9.17, 15) is 14.9 Å². The van der Waals surface area contributed by atoms with E-state index < -0.39 is 4.92 Å². The summed E-state index contributed by atoms with van der Waals surface area (Å²) in [5.74, 6) is 0.603. The molecule has 1 fully saturated rings. The molecule has 0 aromatic heterocycles. The summed E-state index contributed by atoms with van der Waals surface area (Å²) >= 11 is 3.51. The van der Waals surface area contributed by atoms with Gasteiger partial charge in [-0.2, -0.15) is 5.10 Å². The van der Waals surface area contributed by atoms with E-state index in [4.69, 9.17) is 9.84 Å². The van der Waals surface area contributed by atoms with Gasteiger partial charge in [0.1, 0.15) is 5.75 Å². The number of methoxy groups -OCH3 is 1. The molecule has 7 nitrogen and oxygen atoms in total. The highest BCUT2D eigenvalue weighted by Crippen LogP contribution is 2.36. The Kier molecular flexibility index (Phi) is 4.96. The number of hydrogen-bond donors (Lipinski definition) is 0.